The summed E-state index contributed by atoms with van der Waals surface area (Å²) in [5.41, 5.74) is 2.46. The van der Waals surface area contributed by atoms with E-state index in [0.29, 0.717) is 25.4 Å². The topological polar surface area (TPSA) is 89.5 Å². The Balaban J connectivity index is 1.55. The van der Waals surface area contributed by atoms with Crippen LogP contribution in [-0.2, 0) is 19.5 Å². The number of benzene rings is 1. The molecule has 1 saturated carbocycles. The highest BCUT2D eigenvalue weighted by atomic mass is 16.3. The first kappa shape index (κ1) is 17.1. The molecule has 3 N–H and O–H groups in total. The van der Waals surface area contributed by atoms with Crippen LogP contribution in [0, 0.1) is 0 Å². The van der Waals surface area contributed by atoms with Gasteiger partial charge in [-0.25, -0.2) is 4.98 Å². The lowest BCUT2D eigenvalue weighted by molar-refractivity contribution is 0.236. The minimum absolute atomic E-state index is 0.0164. The molecular formula is C20H25N3O3. The van der Waals surface area contributed by atoms with E-state index >= 15 is 0 Å². The average molecular weight is 355 g/mol. The van der Waals surface area contributed by atoms with Gasteiger partial charge in [0.05, 0.1) is 5.69 Å². The molecule has 26 heavy (non-hydrogen) atoms. The lowest BCUT2D eigenvalue weighted by atomic mass is 9.88. The van der Waals surface area contributed by atoms with Gasteiger partial charge in [-0.3, -0.25) is 9.69 Å². The van der Waals surface area contributed by atoms with E-state index in [1.54, 1.807) is 12.1 Å². The molecule has 0 atom stereocenters. The Morgan fingerprint density at radius 1 is 1.19 bits per heavy atom. The number of aromatic nitrogens is 2. The molecule has 1 aromatic carbocycles. The standard InChI is InChI=1S/C20H25N3O3/c24-15-7-6-14(18(25)10-15)11-23-9-8-16-17(12-23)21-19(22-20(16)26)13-4-2-1-3-5-13/h6-7,10,13,24-25H,1-5,8-9,11-12H2,(H,21,22,26). The zero-order valence-electron chi connectivity index (χ0n) is 14.9. The van der Waals surface area contributed by atoms with Crippen molar-refractivity contribution in [3.63, 3.8) is 0 Å². The second kappa shape index (κ2) is 7.11. The van der Waals surface area contributed by atoms with E-state index in [1.165, 1.54) is 25.3 Å². The van der Waals surface area contributed by atoms with Crippen molar-refractivity contribution in [2.75, 3.05) is 6.54 Å². The summed E-state index contributed by atoms with van der Waals surface area (Å²) in [6, 6.07) is 4.67. The zero-order valence-corrected chi connectivity index (χ0v) is 14.9. The monoisotopic (exact) mass is 355 g/mol. The summed E-state index contributed by atoms with van der Waals surface area (Å²) in [7, 11) is 0. The van der Waals surface area contributed by atoms with Crippen molar-refractivity contribution in [1.82, 2.24) is 14.9 Å². The molecule has 6 nitrogen and oxygen atoms in total. The van der Waals surface area contributed by atoms with Gasteiger partial charge in [-0.15, -0.1) is 0 Å². The second-order valence-corrected chi connectivity index (χ2v) is 7.49. The van der Waals surface area contributed by atoms with Crippen molar-refractivity contribution in [3.05, 3.63) is 51.2 Å². The van der Waals surface area contributed by atoms with Gasteiger partial charge in [0.25, 0.3) is 5.56 Å². The van der Waals surface area contributed by atoms with Crippen molar-refractivity contribution < 1.29 is 10.2 Å². The van der Waals surface area contributed by atoms with E-state index < -0.39 is 0 Å². The van der Waals surface area contributed by atoms with Crippen molar-refractivity contribution in [1.29, 1.82) is 0 Å². The fourth-order valence-corrected chi connectivity index (χ4v) is 4.14. The lowest BCUT2D eigenvalue weighted by Gasteiger charge is -2.29. The van der Waals surface area contributed by atoms with Crippen molar-refractivity contribution in [3.8, 4) is 11.5 Å². The van der Waals surface area contributed by atoms with Crippen LogP contribution in [0.2, 0.25) is 0 Å². The van der Waals surface area contributed by atoms with Crippen molar-refractivity contribution >= 4 is 0 Å². The van der Waals surface area contributed by atoms with Gasteiger partial charge in [-0.05, 0) is 25.3 Å². The number of fused-ring (bicyclic) bond motifs is 1. The van der Waals surface area contributed by atoms with Crippen LogP contribution in [-0.4, -0.2) is 31.6 Å². The second-order valence-electron chi connectivity index (χ2n) is 7.49. The number of hydrogen-bond acceptors (Lipinski definition) is 5. The van der Waals surface area contributed by atoms with Crippen LogP contribution in [0.3, 0.4) is 0 Å². The molecule has 0 unspecified atom stereocenters. The smallest absolute Gasteiger partial charge is 0.254 e. The van der Waals surface area contributed by atoms with Gasteiger partial charge in [0.1, 0.15) is 17.3 Å². The third kappa shape index (κ3) is 3.46. The Hall–Kier alpha value is -2.34. The van der Waals surface area contributed by atoms with Crippen LogP contribution >= 0.6 is 0 Å². The number of nitrogens with zero attached hydrogens (tertiary/aromatic N) is 2. The SMILES string of the molecule is O=c1[nH]c(C2CCCCC2)nc2c1CCN(Cc1ccc(O)cc1O)C2. The van der Waals surface area contributed by atoms with Crippen LogP contribution in [0.4, 0.5) is 0 Å². The highest BCUT2D eigenvalue weighted by molar-refractivity contribution is 5.39. The number of aromatic hydroxyl groups is 2. The highest BCUT2D eigenvalue weighted by Gasteiger charge is 2.24. The summed E-state index contributed by atoms with van der Waals surface area (Å²) in [5.74, 6) is 1.37. The number of phenolic OH excluding ortho intramolecular Hbond substituents is 2. The number of aromatic amines is 1. The molecule has 1 aliphatic heterocycles. The minimum Gasteiger partial charge on any atom is -0.508 e. The Morgan fingerprint density at radius 2 is 2.00 bits per heavy atom. The van der Waals surface area contributed by atoms with Crippen molar-refractivity contribution in [2.24, 2.45) is 0 Å². The van der Waals surface area contributed by atoms with Gasteiger partial charge in [0.15, 0.2) is 0 Å². The molecule has 0 amide bonds. The number of phenols is 2. The van der Waals surface area contributed by atoms with Crippen LogP contribution < -0.4 is 5.56 Å². The Morgan fingerprint density at radius 3 is 2.77 bits per heavy atom. The molecule has 4 rings (SSSR count). The van der Waals surface area contributed by atoms with E-state index in [1.807, 2.05) is 0 Å². The molecule has 0 saturated heterocycles. The summed E-state index contributed by atoms with van der Waals surface area (Å²) in [6.07, 6.45) is 6.56. The fourth-order valence-electron chi connectivity index (χ4n) is 4.14. The maximum absolute atomic E-state index is 12.5. The van der Waals surface area contributed by atoms with E-state index in [9.17, 15) is 15.0 Å². The van der Waals surface area contributed by atoms with Crippen LogP contribution in [0.5, 0.6) is 11.5 Å². The Labute approximate surface area is 152 Å². The summed E-state index contributed by atoms with van der Waals surface area (Å²) in [5, 5.41) is 19.5. The molecule has 2 heterocycles. The third-order valence-electron chi connectivity index (χ3n) is 5.63. The summed E-state index contributed by atoms with van der Waals surface area (Å²) < 4.78 is 0. The molecule has 138 valence electrons. The number of nitrogens with one attached hydrogen (secondary N) is 1. The largest absolute Gasteiger partial charge is 0.508 e. The normalized spacial score (nSPS) is 18.6. The highest BCUT2D eigenvalue weighted by Crippen LogP contribution is 2.31. The predicted molar refractivity (Wildman–Crippen MR) is 98.3 cm³/mol. The van der Waals surface area contributed by atoms with Crippen molar-refractivity contribution in [2.45, 2.75) is 57.5 Å². The average Bonchev–Trinajstić information content (AvgIpc) is 2.64. The molecular weight excluding hydrogens is 330 g/mol. The molecule has 6 heteroatoms. The van der Waals surface area contributed by atoms with E-state index in [2.05, 4.69) is 9.88 Å². The summed E-state index contributed by atoms with van der Waals surface area (Å²) in [4.78, 5) is 22.5. The van der Waals surface area contributed by atoms with E-state index in [4.69, 9.17) is 4.98 Å². The number of H-pyrrole nitrogens is 1. The minimum atomic E-state index is 0.0164. The van der Waals surface area contributed by atoms with E-state index in [0.717, 1.165) is 42.0 Å². The first-order valence-electron chi connectivity index (χ1n) is 9.45. The quantitative estimate of drug-likeness (QED) is 0.788. The van der Waals surface area contributed by atoms with Crippen LogP contribution in [0.1, 0.15) is 60.7 Å². The first-order chi connectivity index (χ1) is 12.6. The van der Waals surface area contributed by atoms with Gasteiger partial charge in [0.2, 0.25) is 0 Å². The molecule has 0 bridgehead atoms. The zero-order chi connectivity index (χ0) is 18.1. The predicted octanol–water partition coefficient (Wildman–Crippen LogP) is 2.79. The van der Waals surface area contributed by atoms with Gasteiger partial charge in [-0.2, -0.15) is 0 Å². The Kier molecular flexibility index (Phi) is 4.68. The fraction of sp³-hybridized carbons (Fsp3) is 0.500. The molecule has 1 aliphatic carbocycles. The van der Waals surface area contributed by atoms with Gasteiger partial charge >= 0.3 is 0 Å². The maximum Gasteiger partial charge on any atom is 0.254 e. The lowest BCUT2D eigenvalue weighted by Crippen LogP contribution is -2.35. The molecule has 0 spiro atoms. The van der Waals surface area contributed by atoms with Gasteiger partial charge < -0.3 is 15.2 Å². The van der Waals surface area contributed by atoms with Crippen LogP contribution in [0.25, 0.3) is 0 Å². The summed E-state index contributed by atoms with van der Waals surface area (Å²) >= 11 is 0. The van der Waals surface area contributed by atoms with Crippen LogP contribution in [0.15, 0.2) is 23.0 Å². The molecule has 2 aromatic rings. The van der Waals surface area contributed by atoms with E-state index in [-0.39, 0.29) is 17.1 Å². The maximum atomic E-state index is 12.5. The van der Waals surface area contributed by atoms with Gasteiger partial charge in [-0.1, -0.05) is 25.3 Å². The number of hydrogen-bond donors (Lipinski definition) is 3. The summed E-state index contributed by atoms with van der Waals surface area (Å²) in [6.45, 7) is 1.93. The number of rotatable bonds is 3. The van der Waals surface area contributed by atoms with Gasteiger partial charge in [0, 0.05) is 42.7 Å². The third-order valence-corrected chi connectivity index (χ3v) is 5.63. The Bertz CT molecular complexity index is 856. The first-order valence-corrected chi connectivity index (χ1v) is 9.45. The molecule has 2 aliphatic rings. The molecule has 1 aromatic heterocycles. The molecule has 1 fully saturated rings. The molecule has 0 radical (unpaired) electrons.